The first-order chi connectivity index (χ1) is 6.36. The molecule has 2 heteroatoms. The lowest BCUT2D eigenvalue weighted by Crippen LogP contribution is -2.28. The normalized spacial score (nSPS) is 30.2. The van der Waals surface area contributed by atoms with Gasteiger partial charge in [-0.25, -0.2) is 0 Å². The molecule has 1 atom stereocenters. The predicted molar refractivity (Wildman–Crippen MR) is 53.4 cm³/mol. The minimum absolute atomic E-state index is 0.245. The van der Waals surface area contributed by atoms with Crippen molar-refractivity contribution in [1.82, 2.24) is 5.32 Å². The molecular weight excluding hydrogens is 162 g/mol. The van der Waals surface area contributed by atoms with Crippen LogP contribution < -0.4 is 5.32 Å². The average Bonchev–Trinajstić information content (AvgIpc) is 2.20. The molecule has 0 aromatic carbocycles. The van der Waals surface area contributed by atoms with Gasteiger partial charge in [0.2, 0.25) is 0 Å². The van der Waals surface area contributed by atoms with E-state index in [-0.39, 0.29) is 6.10 Å². The van der Waals surface area contributed by atoms with Crippen LogP contribution in [0.25, 0.3) is 0 Å². The van der Waals surface area contributed by atoms with Gasteiger partial charge in [0.15, 0.2) is 0 Å². The highest BCUT2D eigenvalue weighted by Crippen LogP contribution is 2.25. The number of allylic oxidation sites excluding steroid dienone is 2. The maximum atomic E-state index is 9.28. The molecule has 1 heterocycles. The molecule has 2 nitrogen and oxygen atoms in total. The topological polar surface area (TPSA) is 32.3 Å². The van der Waals surface area contributed by atoms with E-state index in [1.807, 2.05) is 6.08 Å². The first kappa shape index (κ1) is 8.97. The van der Waals surface area contributed by atoms with Crippen LogP contribution in [0, 0.1) is 5.92 Å². The Morgan fingerprint density at radius 2 is 2.08 bits per heavy atom. The van der Waals surface area contributed by atoms with Crippen LogP contribution in [0.5, 0.6) is 0 Å². The molecule has 1 aliphatic heterocycles. The number of aliphatic hydroxyl groups is 1. The van der Waals surface area contributed by atoms with Gasteiger partial charge in [-0.2, -0.15) is 0 Å². The molecule has 2 rings (SSSR count). The molecule has 1 saturated heterocycles. The van der Waals surface area contributed by atoms with Gasteiger partial charge >= 0.3 is 0 Å². The zero-order valence-electron chi connectivity index (χ0n) is 7.87. The Hall–Kier alpha value is -0.600. The minimum atomic E-state index is -0.245. The van der Waals surface area contributed by atoms with Crippen molar-refractivity contribution >= 4 is 0 Å². The van der Waals surface area contributed by atoms with Crippen LogP contribution in [0.3, 0.4) is 0 Å². The molecule has 0 amide bonds. The molecule has 2 N–H and O–H groups in total. The molecule has 0 saturated carbocycles. The fraction of sp³-hybridized carbons (Fsp3) is 0.636. The van der Waals surface area contributed by atoms with Gasteiger partial charge in [-0.05, 0) is 43.8 Å². The molecule has 2 aliphatic rings. The second kappa shape index (κ2) is 4.07. The third kappa shape index (κ3) is 2.20. The van der Waals surface area contributed by atoms with Gasteiger partial charge in [0.25, 0.3) is 0 Å². The smallest absolute Gasteiger partial charge is 0.0758 e. The molecule has 0 radical (unpaired) electrons. The molecule has 1 fully saturated rings. The molecule has 0 spiro atoms. The van der Waals surface area contributed by atoms with E-state index in [4.69, 9.17) is 0 Å². The lowest BCUT2D eigenvalue weighted by Gasteiger charge is -2.25. The highest BCUT2D eigenvalue weighted by atomic mass is 16.3. The number of aliphatic hydroxyl groups excluding tert-OH is 1. The summed E-state index contributed by atoms with van der Waals surface area (Å²) in [5.74, 6) is 0.727. The van der Waals surface area contributed by atoms with Crippen LogP contribution >= 0.6 is 0 Å². The number of hydrogen-bond acceptors (Lipinski definition) is 2. The molecule has 0 aromatic heterocycles. The molecule has 13 heavy (non-hydrogen) atoms. The van der Waals surface area contributed by atoms with Crippen molar-refractivity contribution in [3.05, 3.63) is 23.8 Å². The summed E-state index contributed by atoms with van der Waals surface area (Å²) < 4.78 is 0. The zero-order valence-corrected chi connectivity index (χ0v) is 7.87. The molecule has 1 aliphatic carbocycles. The second-order valence-electron chi connectivity index (χ2n) is 3.89. The quantitative estimate of drug-likeness (QED) is 0.634. The monoisotopic (exact) mass is 179 g/mol. The lowest BCUT2D eigenvalue weighted by molar-refractivity contribution is 0.224. The van der Waals surface area contributed by atoms with Crippen LogP contribution in [0.1, 0.15) is 19.3 Å². The maximum absolute atomic E-state index is 9.28. The van der Waals surface area contributed by atoms with Crippen LogP contribution in [0.2, 0.25) is 0 Å². The fourth-order valence-electron chi connectivity index (χ4n) is 2.08. The first-order valence-corrected chi connectivity index (χ1v) is 5.13. The molecule has 0 bridgehead atoms. The third-order valence-electron chi connectivity index (χ3n) is 2.92. The van der Waals surface area contributed by atoms with Gasteiger partial charge in [-0.3, -0.25) is 0 Å². The van der Waals surface area contributed by atoms with Gasteiger partial charge in [-0.15, -0.1) is 0 Å². The summed E-state index contributed by atoms with van der Waals surface area (Å²) in [6.07, 6.45) is 9.25. The summed E-state index contributed by atoms with van der Waals surface area (Å²) in [5.41, 5.74) is 1.44. The Kier molecular flexibility index (Phi) is 2.81. The molecule has 72 valence electrons. The van der Waals surface area contributed by atoms with Gasteiger partial charge in [0.05, 0.1) is 6.10 Å². The van der Waals surface area contributed by atoms with Crippen molar-refractivity contribution < 1.29 is 5.11 Å². The molecule has 0 aromatic rings. The summed E-state index contributed by atoms with van der Waals surface area (Å²) in [6, 6.07) is 0. The maximum Gasteiger partial charge on any atom is 0.0758 e. The lowest BCUT2D eigenvalue weighted by atomic mass is 9.87. The zero-order chi connectivity index (χ0) is 9.10. The molecule has 0 unspecified atom stereocenters. The summed E-state index contributed by atoms with van der Waals surface area (Å²) in [4.78, 5) is 0. The van der Waals surface area contributed by atoms with E-state index in [9.17, 15) is 5.11 Å². The fourth-order valence-corrected chi connectivity index (χ4v) is 2.08. The van der Waals surface area contributed by atoms with Gasteiger partial charge in [0, 0.05) is 0 Å². The largest absolute Gasteiger partial charge is 0.389 e. The Morgan fingerprint density at radius 1 is 1.31 bits per heavy atom. The van der Waals surface area contributed by atoms with Crippen LogP contribution in [0.15, 0.2) is 23.8 Å². The van der Waals surface area contributed by atoms with Gasteiger partial charge < -0.3 is 10.4 Å². The van der Waals surface area contributed by atoms with Crippen molar-refractivity contribution in [2.45, 2.75) is 25.4 Å². The summed E-state index contributed by atoms with van der Waals surface area (Å²) in [5, 5.41) is 12.6. The van der Waals surface area contributed by atoms with Gasteiger partial charge in [0.1, 0.15) is 0 Å². The number of hydrogen-bond donors (Lipinski definition) is 2. The standard InChI is InChI=1S/C11H17NO/c13-11-3-1-9(2-4-11)10-5-7-12-8-6-10/h1-3,10-13H,4-8H2/t11-/m0/s1. The average molecular weight is 179 g/mol. The van der Waals surface area contributed by atoms with Gasteiger partial charge in [-0.1, -0.05) is 18.2 Å². The Morgan fingerprint density at radius 3 is 2.69 bits per heavy atom. The Bertz CT molecular complexity index is 226. The van der Waals surface area contributed by atoms with Crippen LogP contribution in [0.4, 0.5) is 0 Å². The van der Waals surface area contributed by atoms with E-state index in [2.05, 4.69) is 17.5 Å². The van der Waals surface area contributed by atoms with Crippen LogP contribution in [-0.2, 0) is 0 Å². The highest BCUT2D eigenvalue weighted by molar-refractivity contribution is 5.27. The summed E-state index contributed by atoms with van der Waals surface area (Å²) in [7, 11) is 0. The summed E-state index contributed by atoms with van der Waals surface area (Å²) >= 11 is 0. The van der Waals surface area contributed by atoms with E-state index in [1.54, 1.807) is 0 Å². The number of piperidine rings is 1. The van der Waals surface area contributed by atoms with Crippen molar-refractivity contribution in [2.24, 2.45) is 5.92 Å². The third-order valence-corrected chi connectivity index (χ3v) is 2.92. The van der Waals surface area contributed by atoms with Crippen molar-refractivity contribution in [1.29, 1.82) is 0 Å². The SMILES string of the molecule is O[C@H]1C=CC(C2CCNCC2)=CC1. The van der Waals surface area contributed by atoms with E-state index in [0.717, 1.165) is 25.4 Å². The van der Waals surface area contributed by atoms with Crippen LogP contribution in [-0.4, -0.2) is 24.3 Å². The van der Waals surface area contributed by atoms with E-state index < -0.39 is 0 Å². The number of rotatable bonds is 1. The predicted octanol–water partition coefficient (Wildman–Crippen LogP) is 1.23. The molecular formula is C11H17NO. The van der Waals surface area contributed by atoms with Crippen molar-refractivity contribution in [3.8, 4) is 0 Å². The van der Waals surface area contributed by atoms with E-state index in [0.29, 0.717) is 0 Å². The Labute approximate surface area is 79.3 Å². The van der Waals surface area contributed by atoms with Crippen molar-refractivity contribution in [2.75, 3.05) is 13.1 Å². The minimum Gasteiger partial charge on any atom is -0.389 e. The van der Waals surface area contributed by atoms with E-state index in [1.165, 1.54) is 18.4 Å². The Balaban J connectivity index is 1.96. The second-order valence-corrected chi connectivity index (χ2v) is 3.89. The van der Waals surface area contributed by atoms with E-state index >= 15 is 0 Å². The van der Waals surface area contributed by atoms with Crippen molar-refractivity contribution in [3.63, 3.8) is 0 Å². The number of nitrogens with one attached hydrogen (secondary N) is 1. The summed E-state index contributed by atoms with van der Waals surface area (Å²) in [6.45, 7) is 2.27. The first-order valence-electron chi connectivity index (χ1n) is 5.13. The highest BCUT2D eigenvalue weighted by Gasteiger charge is 2.17.